The van der Waals surface area contributed by atoms with Crippen LogP contribution in [-0.4, -0.2) is 12.2 Å². The summed E-state index contributed by atoms with van der Waals surface area (Å²) in [7, 11) is 1.46. The fraction of sp³-hybridized carbons (Fsp3) is 0.231. The van der Waals surface area contributed by atoms with Gasteiger partial charge in [0, 0.05) is 9.75 Å². The minimum atomic E-state index is -0.982. The molecular weight excluding hydrogens is 239 g/mol. The van der Waals surface area contributed by atoms with Crippen LogP contribution in [0, 0.1) is 12.7 Å². The first-order valence-corrected chi connectivity index (χ1v) is 6.02. The molecule has 2 aromatic rings. The van der Waals surface area contributed by atoms with E-state index in [0.29, 0.717) is 10.6 Å². The van der Waals surface area contributed by atoms with Crippen LogP contribution in [0.1, 0.15) is 21.4 Å². The van der Waals surface area contributed by atoms with E-state index in [1.54, 1.807) is 18.2 Å². The Bertz CT molecular complexity index is 522. The maximum Gasteiger partial charge on any atom is 0.133 e. The number of methoxy groups -OCH3 is 1. The average Bonchev–Trinajstić information content (AvgIpc) is 2.74. The van der Waals surface area contributed by atoms with Crippen LogP contribution in [0.2, 0.25) is 0 Å². The Balaban J connectivity index is 2.46. The van der Waals surface area contributed by atoms with Crippen LogP contribution in [0.4, 0.5) is 4.39 Å². The maximum absolute atomic E-state index is 13.7. The first kappa shape index (κ1) is 12.1. The van der Waals surface area contributed by atoms with E-state index in [9.17, 15) is 9.50 Å². The minimum Gasteiger partial charge on any atom is -0.496 e. The number of aryl methyl sites for hydroxylation is 1. The molecule has 0 fully saturated rings. The summed E-state index contributed by atoms with van der Waals surface area (Å²) < 4.78 is 18.8. The van der Waals surface area contributed by atoms with E-state index in [1.807, 2.05) is 13.0 Å². The standard InChI is InChI=1S/C13H13FO2S/c1-8-6-7-11(17-8)13(15)12-9(14)4-3-5-10(12)16-2/h3-7,13,15H,1-2H3. The number of thiophene rings is 1. The molecule has 1 aromatic carbocycles. The Morgan fingerprint density at radius 1 is 1.29 bits per heavy atom. The van der Waals surface area contributed by atoms with E-state index in [4.69, 9.17) is 4.74 Å². The molecule has 4 heteroatoms. The number of ether oxygens (including phenoxy) is 1. The summed E-state index contributed by atoms with van der Waals surface area (Å²) >= 11 is 1.45. The van der Waals surface area contributed by atoms with Crippen molar-refractivity contribution >= 4 is 11.3 Å². The minimum absolute atomic E-state index is 0.192. The van der Waals surface area contributed by atoms with Gasteiger partial charge in [-0.05, 0) is 31.2 Å². The molecule has 1 heterocycles. The molecule has 0 bridgehead atoms. The molecule has 0 aliphatic rings. The number of aliphatic hydroxyl groups excluding tert-OH is 1. The number of halogens is 1. The van der Waals surface area contributed by atoms with E-state index in [2.05, 4.69) is 0 Å². The van der Waals surface area contributed by atoms with Crippen molar-refractivity contribution in [1.82, 2.24) is 0 Å². The summed E-state index contributed by atoms with van der Waals surface area (Å²) in [6.45, 7) is 1.94. The van der Waals surface area contributed by atoms with Gasteiger partial charge in [0.1, 0.15) is 17.7 Å². The molecule has 0 aliphatic carbocycles. The van der Waals surface area contributed by atoms with Gasteiger partial charge in [-0.1, -0.05) is 6.07 Å². The number of benzene rings is 1. The van der Waals surface area contributed by atoms with Crippen molar-refractivity contribution in [2.75, 3.05) is 7.11 Å². The Hall–Kier alpha value is -1.39. The van der Waals surface area contributed by atoms with Gasteiger partial charge in [-0.3, -0.25) is 0 Å². The van der Waals surface area contributed by atoms with Gasteiger partial charge in [-0.2, -0.15) is 0 Å². The maximum atomic E-state index is 13.7. The van der Waals surface area contributed by atoms with Gasteiger partial charge in [-0.15, -0.1) is 11.3 Å². The van der Waals surface area contributed by atoms with E-state index in [0.717, 1.165) is 4.88 Å². The molecule has 1 atom stereocenters. The molecule has 0 amide bonds. The van der Waals surface area contributed by atoms with E-state index in [-0.39, 0.29) is 5.56 Å². The lowest BCUT2D eigenvalue weighted by atomic mass is 10.1. The second-order valence-corrected chi connectivity index (χ2v) is 5.03. The molecule has 1 N–H and O–H groups in total. The molecule has 0 saturated heterocycles. The van der Waals surface area contributed by atoms with Crippen molar-refractivity contribution in [1.29, 1.82) is 0 Å². The summed E-state index contributed by atoms with van der Waals surface area (Å²) in [5.74, 6) is -0.0912. The monoisotopic (exact) mass is 252 g/mol. The Morgan fingerprint density at radius 3 is 2.65 bits per heavy atom. The van der Waals surface area contributed by atoms with Gasteiger partial charge in [-0.25, -0.2) is 4.39 Å². The number of rotatable bonds is 3. The highest BCUT2D eigenvalue weighted by Gasteiger charge is 2.20. The lowest BCUT2D eigenvalue weighted by Gasteiger charge is -2.14. The summed E-state index contributed by atoms with van der Waals surface area (Å²) in [6, 6.07) is 8.22. The van der Waals surface area contributed by atoms with Crippen LogP contribution >= 0.6 is 11.3 Å². The van der Waals surface area contributed by atoms with Gasteiger partial charge >= 0.3 is 0 Å². The number of hydrogen-bond acceptors (Lipinski definition) is 3. The smallest absolute Gasteiger partial charge is 0.133 e. The summed E-state index contributed by atoms with van der Waals surface area (Å²) in [6.07, 6.45) is -0.982. The molecule has 0 radical (unpaired) electrons. The molecule has 0 aliphatic heterocycles. The molecule has 2 nitrogen and oxygen atoms in total. The van der Waals surface area contributed by atoms with Crippen LogP contribution < -0.4 is 4.74 Å². The van der Waals surface area contributed by atoms with Crippen LogP contribution in [0.3, 0.4) is 0 Å². The van der Waals surface area contributed by atoms with Crippen LogP contribution in [0.25, 0.3) is 0 Å². The Morgan fingerprint density at radius 2 is 2.06 bits per heavy atom. The molecule has 0 spiro atoms. The van der Waals surface area contributed by atoms with Crippen molar-refractivity contribution in [3.05, 3.63) is 51.5 Å². The third-order valence-corrected chi connectivity index (χ3v) is 3.59. The van der Waals surface area contributed by atoms with Crippen molar-refractivity contribution < 1.29 is 14.2 Å². The normalized spacial score (nSPS) is 12.5. The zero-order valence-electron chi connectivity index (χ0n) is 9.61. The molecule has 1 aromatic heterocycles. The lowest BCUT2D eigenvalue weighted by molar-refractivity contribution is 0.212. The molecule has 2 rings (SSSR count). The third kappa shape index (κ3) is 2.33. The quantitative estimate of drug-likeness (QED) is 0.908. The Labute approximate surface area is 103 Å². The highest BCUT2D eigenvalue weighted by molar-refractivity contribution is 7.12. The van der Waals surface area contributed by atoms with Crippen LogP contribution in [0.15, 0.2) is 30.3 Å². The predicted octanol–water partition coefficient (Wildman–Crippen LogP) is 3.29. The van der Waals surface area contributed by atoms with Crippen LogP contribution in [-0.2, 0) is 0 Å². The van der Waals surface area contributed by atoms with Crippen molar-refractivity contribution in [3.63, 3.8) is 0 Å². The molecule has 1 unspecified atom stereocenters. The van der Waals surface area contributed by atoms with Gasteiger partial charge in [0.05, 0.1) is 12.7 Å². The highest BCUT2D eigenvalue weighted by Crippen LogP contribution is 2.34. The van der Waals surface area contributed by atoms with Crippen molar-refractivity contribution in [2.45, 2.75) is 13.0 Å². The van der Waals surface area contributed by atoms with Crippen LogP contribution in [0.5, 0.6) is 5.75 Å². The first-order valence-electron chi connectivity index (χ1n) is 5.20. The summed E-state index contributed by atoms with van der Waals surface area (Å²) in [5, 5.41) is 10.2. The number of aliphatic hydroxyl groups is 1. The summed E-state index contributed by atoms with van der Waals surface area (Å²) in [5.41, 5.74) is 0.192. The Kier molecular flexibility index (Phi) is 3.45. The molecule has 0 saturated carbocycles. The lowest BCUT2D eigenvalue weighted by Crippen LogP contribution is -2.03. The van der Waals surface area contributed by atoms with Gasteiger partial charge < -0.3 is 9.84 Å². The first-order chi connectivity index (χ1) is 8.13. The molecule has 17 heavy (non-hydrogen) atoms. The second kappa shape index (κ2) is 4.85. The average molecular weight is 252 g/mol. The van der Waals surface area contributed by atoms with Crippen molar-refractivity contribution in [3.8, 4) is 5.75 Å². The predicted molar refractivity (Wildman–Crippen MR) is 66.1 cm³/mol. The third-order valence-electron chi connectivity index (χ3n) is 2.54. The van der Waals surface area contributed by atoms with Gasteiger partial charge in [0.15, 0.2) is 0 Å². The second-order valence-electron chi connectivity index (χ2n) is 3.71. The topological polar surface area (TPSA) is 29.5 Å². The summed E-state index contributed by atoms with van der Waals surface area (Å²) in [4.78, 5) is 1.79. The molecular formula is C13H13FO2S. The van der Waals surface area contributed by atoms with E-state index >= 15 is 0 Å². The SMILES string of the molecule is COc1cccc(F)c1C(O)c1ccc(C)s1. The van der Waals surface area contributed by atoms with Gasteiger partial charge in [0.2, 0.25) is 0 Å². The van der Waals surface area contributed by atoms with E-state index < -0.39 is 11.9 Å². The largest absolute Gasteiger partial charge is 0.496 e. The zero-order chi connectivity index (χ0) is 12.4. The fourth-order valence-electron chi connectivity index (χ4n) is 1.70. The fourth-order valence-corrected chi connectivity index (χ4v) is 2.58. The highest BCUT2D eigenvalue weighted by atomic mass is 32.1. The number of hydrogen-bond donors (Lipinski definition) is 1. The van der Waals surface area contributed by atoms with E-state index in [1.165, 1.54) is 24.5 Å². The van der Waals surface area contributed by atoms with Gasteiger partial charge in [0.25, 0.3) is 0 Å². The molecule has 90 valence electrons. The van der Waals surface area contributed by atoms with Crippen molar-refractivity contribution in [2.24, 2.45) is 0 Å². The zero-order valence-corrected chi connectivity index (χ0v) is 10.4.